The van der Waals surface area contributed by atoms with Crippen molar-refractivity contribution in [1.82, 2.24) is 5.16 Å². The molecule has 0 radical (unpaired) electrons. The summed E-state index contributed by atoms with van der Waals surface area (Å²) in [6.07, 6.45) is 0. The molecule has 1 unspecified atom stereocenters. The highest BCUT2D eigenvalue weighted by molar-refractivity contribution is 7.98. The largest absolute Gasteiger partial charge is 0.497 e. The maximum absolute atomic E-state index is 13.6. The average Bonchev–Trinajstić information content (AvgIpc) is 3.18. The Kier molecular flexibility index (Phi) is 4.91. The molecule has 0 bridgehead atoms. The van der Waals surface area contributed by atoms with Gasteiger partial charge in [0.25, 0.3) is 0 Å². The van der Waals surface area contributed by atoms with Crippen LogP contribution in [-0.4, -0.2) is 23.8 Å². The normalized spacial score (nSPS) is 13.0. The molecule has 8 heteroatoms. The summed E-state index contributed by atoms with van der Waals surface area (Å²) in [5, 5.41) is 13.3. The van der Waals surface area contributed by atoms with Crippen LogP contribution in [0, 0.1) is 23.1 Å². The van der Waals surface area contributed by atoms with Gasteiger partial charge in [0, 0.05) is 27.3 Å². The number of nitriles is 1. The molecule has 1 aliphatic rings. The molecule has 0 amide bonds. The monoisotopic (exact) mass is 408 g/mol. The number of halogens is 1. The lowest BCUT2D eigenvalue weighted by molar-refractivity contribution is 0.0840. The van der Waals surface area contributed by atoms with Gasteiger partial charge in [-0.1, -0.05) is 5.16 Å². The topological polar surface area (TPSA) is 93.2 Å². The Morgan fingerprint density at radius 2 is 2.00 bits per heavy atom. The zero-order valence-corrected chi connectivity index (χ0v) is 16.0. The molecule has 0 fully saturated rings. The maximum Gasteiger partial charge on any atom is 0.210 e. The highest BCUT2D eigenvalue weighted by Gasteiger charge is 2.35. The number of benzene rings is 2. The van der Waals surface area contributed by atoms with Crippen LogP contribution in [-0.2, 0) is 5.75 Å². The Hall–Kier alpha value is -3.44. The molecular weight excluding hydrogens is 395 g/mol. The van der Waals surface area contributed by atoms with Crippen LogP contribution in [0.25, 0.3) is 11.3 Å². The minimum absolute atomic E-state index is 0.0733. The van der Waals surface area contributed by atoms with Crippen LogP contribution in [0.15, 0.2) is 51.9 Å². The van der Waals surface area contributed by atoms with Crippen LogP contribution in [0.3, 0.4) is 0 Å². The van der Waals surface area contributed by atoms with E-state index in [1.54, 1.807) is 24.3 Å². The number of carbonyl (C=O) groups is 2. The number of hydrogen-bond donors (Lipinski definition) is 0. The van der Waals surface area contributed by atoms with Crippen LogP contribution in [0.4, 0.5) is 4.39 Å². The summed E-state index contributed by atoms with van der Waals surface area (Å²) < 4.78 is 24.0. The van der Waals surface area contributed by atoms with Crippen molar-refractivity contribution >= 4 is 23.3 Å². The summed E-state index contributed by atoms with van der Waals surface area (Å²) in [6.45, 7) is 0. The molecule has 1 aromatic heterocycles. The number of ketones is 2. The van der Waals surface area contributed by atoms with Gasteiger partial charge in [0.15, 0.2) is 23.2 Å². The summed E-state index contributed by atoms with van der Waals surface area (Å²) in [6, 6.07) is 12.2. The number of ether oxygens (including phenoxy) is 1. The average molecular weight is 408 g/mol. The first-order valence-corrected chi connectivity index (χ1v) is 9.55. The molecule has 2 heterocycles. The van der Waals surface area contributed by atoms with Gasteiger partial charge in [-0.2, -0.15) is 5.26 Å². The molecule has 0 spiro atoms. The number of hydrogen-bond acceptors (Lipinski definition) is 7. The van der Waals surface area contributed by atoms with Crippen molar-refractivity contribution in [3.05, 3.63) is 65.1 Å². The maximum atomic E-state index is 13.6. The predicted molar refractivity (Wildman–Crippen MR) is 102 cm³/mol. The first kappa shape index (κ1) is 18.9. The van der Waals surface area contributed by atoms with E-state index < -0.39 is 23.3 Å². The molecule has 2 aromatic carbocycles. The first-order chi connectivity index (χ1) is 14.0. The first-order valence-electron chi connectivity index (χ1n) is 8.57. The van der Waals surface area contributed by atoms with Gasteiger partial charge in [-0.25, -0.2) is 4.39 Å². The third-order valence-corrected chi connectivity index (χ3v) is 5.71. The van der Waals surface area contributed by atoms with Gasteiger partial charge in [-0.15, -0.1) is 11.8 Å². The van der Waals surface area contributed by atoms with Crippen LogP contribution in [0.2, 0.25) is 0 Å². The molecule has 1 aliphatic heterocycles. The van der Waals surface area contributed by atoms with Crippen molar-refractivity contribution in [3.8, 4) is 23.1 Å². The third-order valence-electron chi connectivity index (χ3n) is 4.61. The fourth-order valence-electron chi connectivity index (χ4n) is 3.10. The Balaban J connectivity index is 1.67. The smallest absolute Gasteiger partial charge is 0.210 e. The molecule has 4 rings (SSSR count). The fraction of sp³-hybridized carbons (Fsp3) is 0.143. The molecule has 29 heavy (non-hydrogen) atoms. The van der Waals surface area contributed by atoms with Gasteiger partial charge in [0.05, 0.1) is 13.2 Å². The second kappa shape index (κ2) is 7.53. The van der Waals surface area contributed by atoms with Gasteiger partial charge < -0.3 is 9.26 Å². The van der Waals surface area contributed by atoms with E-state index in [9.17, 15) is 19.2 Å². The third kappa shape index (κ3) is 3.30. The van der Waals surface area contributed by atoms with Crippen molar-refractivity contribution in [1.29, 1.82) is 5.26 Å². The van der Waals surface area contributed by atoms with Gasteiger partial charge >= 0.3 is 0 Å². The number of rotatable bonds is 5. The Bertz CT molecular complexity index is 1160. The molecule has 1 atom stereocenters. The Morgan fingerprint density at radius 1 is 1.24 bits per heavy atom. The van der Waals surface area contributed by atoms with Crippen molar-refractivity contribution in [2.45, 2.75) is 10.6 Å². The molecule has 0 saturated heterocycles. The van der Waals surface area contributed by atoms with E-state index in [4.69, 9.17) is 9.26 Å². The number of thioether (sulfide) groups is 1. The van der Waals surface area contributed by atoms with Crippen LogP contribution >= 0.6 is 11.8 Å². The minimum atomic E-state index is -1.56. The highest BCUT2D eigenvalue weighted by atomic mass is 32.2. The van der Waals surface area contributed by atoms with Crippen LogP contribution < -0.4 is 4.74 Å². The summed E-state index contributed by atoms with van der Waals surface area (Å²) in [5.41, 5.74) is 1.10. The summed E-state index contributed by atoms with van der Waals surface area (Å²) in [4.78, 5) is 26.5. The SMILES string of the molecule is COc1ccc(C(=O)C(C#N)C(=O)c2noc3c2CSc2ccc(F)cc2-3)cc1. The van der Waals surface area contributed by atoms with E-state index in [1.165, 1.54) is 43.1 Å². The van der Waals surface area contributed by atoms with Gasteiger partial charge in [0.2, 0.25) is 5.78 Å². The van der Waals surface area contributed by atoms with E-state index in [1.807, 2.05) is 0 Å². The minimum Gasteiger partial charge on any atom is -0.497 e. The Morgan fingerprint density at radius 3 is 2.69 bits per heavy atom. The summed E-state index contributed by atoms with van der Waals surface area (Å²) in [7, 11) is 1.49. The van der Waals surface area contributed by atoms with Gasteiger partial charge in [-0.3, -0.25) is 9.59 Å². The number of Topliss-reactive ketones (excluding diaryl/α,β-unsaturated/α-hetero) is 2. The van der Waals surface area contributed by atoms with Crippen LogP contribution in [0.5, 0.6) is 5.75 Å². The number of methoxy groups -OCH3 is 1. The molecule has 0 aliphatic carbocycles. The van der Waals surface area contributed by atoms with Gasteiger partial charge in [-0.05, 0) is 42.5 Å². The second-order valence-corrected chi connectivity index (χ2v) is 7.30. The molecule has 0 N–H and O–H groups in total. The zero-order chi connectivity index (χ0) is 20.5. The lowest BCUT2D eigenvalue weighted by Crippen LogP contribution is -2.24. The van der Waals surface area contributed by atoms with Gasteiger partial charge in [0.1, 0.15) is 11.6 Å². The second-order valence-electron chi connectivity index (χ2n) is 6.29. The number of nitrogens with zero attached hydrogens (tertiary/aromatic N) is 2. The van der Waals surface area contributed by atoms with E-state index in [0.29, 0.717) is 22.6 Å². The number of carbonyl (C=O) groups excluding carboxylic acids is 2. The quantitative estimate of drug-likeness (QED) is 0.459. The molecule has 0 saturated carbocycles. The molecule has 6 nitrogen and oxygen atoms in total. The lowest BCUT2D eigenvalue weighted by atomic mass is 9.91. The van der Waals surface area contributed by atoms with Crippen molar-refractivity contribution in [2.24, 2.45) is 5.92 Å². The van der Waals surface area contributed by atoms with E-state index in [0.717, 1.165) is 4.90 Å². The molecule has 144 valence electrons. The van der Waals surface area contributed by atoms with Crippen LogP contribution in [0.1, 0.15) is 26.4 Å². The lowest BCUT2D eigenvalue weighted by Gasteiger charge is -2.14. The van der Waals surface area contributed by atoms with Crippen molar-refractivity contribution in [3.63, 3.8) is 0 Å². The summed E-state index contributed by atoms with van der Waals surface area (Å²) in [5.74, 6) is -2.16. The number of fused-ring (bicyclic) bond motifs is 3. The van der Waals surface area contributed by atoms with E-state index >= 15 is 0 Å². The molecule has 3 aromatic rings. The number of aromatic nitrogens is 1. The van der Waals surface area contributed by atoms with Crippen molar-refractivity contribution in [2.75, 3.05) is 7.11 Å². The van der Waals surface area contributed by atoms with E-state index in [2.05, 4.69) is 5.16 Å². The summed E-state index contributed by atoms with van der Waals surface area (Å²) >= 11 is 1.40. The zero-order valence-electron chi connectivity index (χ0n) is 15.1. The standard InChI is InChI=1S/C21H13FN2O4S/c1-27-13-5-2-11(3-6-13)19(25)15(9-23)20(26)18-16-10-29-17-7-4-12(22)8-14(17)21(16)28-24-18/h2-8,15H,10H2,1H3. The Labute approximate surface area is 169 Å². The van der Waals surface area contributed by atoms with E-state index in [-0.39, 0.29) is 17.0 Å². The van der Waals surface area contributed by atoms with Crippen molar-refractivity contribution < 1.29 is 23.2 Å². The highest BCUT2D eigenvalue weighted by Crippen LogP contribution is 2.43. The predicted octanol–water partition coefficient (Wildman–Crippen LogP) is 4.30. The molecular formula is C21H13FN2O4S. The fourth-order valence-corrected chi connectivity index (χ4v) is 4.14.